The molecule has 1 aromatic carbocycles. The van der Waals surface area contributed by atoms with Crippen LogP contribution in [0.4, 0.5) is 0 Å². The summed E-state index contributed by atoms with van der Waals surface area (Å²) < 4.78 is 5.32. The fourth-order valence-corrected chi connectivity index (χ4v) is 1.07. The SMILES string of the molecule is C=CCOCc1cccc(C=C)c1. The Bertz CT molecular complexity index is 289. The third kappa shape index (κ3) is 3.26. The van der Waals surface area contributed by atoms with Crippen molar-refractivity contribution in [2.75, 3.05) is 6.61 Å². The summed E-state index contributed by atoms with van der Waals surface area (Å²) in [6, 6.07) is 8.12. The van der Waals surface area contributed by atoms with Gasteiger partial charge in [0.25, 0.3) is 0 Å². The van der Waals surface area contributed by atoms with E-state index in [2.05, 4.69) is 19.2 Å². The average Bonchev–Trinajstić information content (AvgIpc) is 2.19. The lowest BCUT2D eigenvalue weighted by molar-refractivity contribution is 0.149. The number of rotatable bonds is 5. The molecule has 1 aromatic rings. The van der Waals surface area contributed by atoms with Crippen LogP contribution in [0.2, 0.25) is 0 Å². The van der Waals surface area contributed by atoms with Crippen molar-refractivity contribution < 1.29 is 4.74 Å². The molecule has 0 amide bonds. The van der Waals surface area contributed by atoms with Gasteiger partial charge in [0.15, 0.2) is 0 Å². The molecule has 68 valence electrons. The highest BCUT2D eigenvalue weighted by molar-refractivity contribution is 5.47. The topological polar surface area (TPSA) is 9.23 Å². The van der Waals surface area contributed by atoms with Gasteiger partial charge in [-0.2, -0.15) is 0 Å². The predicted molar refractivity (Wildman–Crippen MR) is 56.4 cm³/mol. The zero-order chi connectivity index (χ0) is 9.52. The van der Waals surface area contributed by atoms with E-state index in [1.54, 1.807) is 6.08 Å². The molecule has 1 rings (SSSR count). The van der Waals surface area contributed by atoms with Crippen LogP contribution in [0.1, 0.15) is 11.1 Å². The summed E-state index contributed by atoms with van der Waals surface area (Å²) in [5.74, 6) is 0. The van der Waals surface area contributed by atoms with E-state index in [-0.39, 0.29) is 0 Å². The monoisotopic (exact) mass is 174 g/mol. The highest BCUT2D eigenvalue weighted by Gasteiger charge is 1.92. The van der Waals surface area contributed by atoms with E-state index in [0.717, 1.165) is 5.56 Å². The molecule has 13 heavy (non-hydrogen) atoms. The zero-order valence-electron chi connectivity index (χ0n) is 7.70. The fraction of sp³-hybridized carbons (Fsp3) is 0.167. The summed E-state index contributed by atoms with van der Waals surface area (Å²) >= 11 is 0. The summed E-state index contributed by atoms with van der Waals surface area (Å²) in [7, 11) is 0. The molecule has 0 N–H and O–H groups in total. The molecule has 0 spiro atoms. The Hall–Kier alpha value is -1.34. The van der Waals surface area contributed by atoms with Crippen molar-refractivity contribution in [2.24, 2.45) is 0 Å². The highest BCUT2D eigenvalue weighted by Crippen LogP contribution is 2.07. The van der Waals surface area contributed by atoms with Crippen LogP contribution >= 0.6 is 0 Å². The molecule has 0 radical (unpaired) electrons. The third-order valence-corrected chi connectivity index (χ3v) is 1.69. The van der Waals surface area contributed by atoms with Crippen LogP contribution in [0.3, 0.4) is 0 Å². The van der Waals surface area contributed by atoms with Crippen molar-refractivity contribution >= 4 is 6.08 Å². The first-order chi connectivity index (χ1) is 6.36. The van der Waals surface area contributed by atoms with E-state index >= 15 is 0 Å². The van der Waals surface area contributed by atoms with E-state index in [9.17, 15) is 0 Å². The van der Waals surface area contributed by atoms with Gasteiger partial charge in [-0.25, -0.2) is 0 Å². The lowest BCUT2D eigenvalue weighted by atomic mass is 10.1. The molecule has 1 heteroatoms. The van der Waals surface area contributed by atoms with Crippen LogP contribution in [0.25, 0.3) is 6.08 Å². The molecule has 1 nitrogen and oxygen atoms in total. The van der Waals surface area contributed by atoms with Crippen molar-refractivity contribution in [3.8, 4) is 0 Å². The van der Waals surface area contributed by atoms with Gasteiger partial charge in [-0.15, -0.1) is 6.58 Å². The second-order valence-corrected chi connectivity index (χ2v) is 2.75. The second kappa shape index (κ2) is 5.33. The minimum absolute atomic E-state index is 0.596. The molecule has 0 bridgehead atoms. The van der Waals surface area contributed by atoms with Crippen molar-refractivity contribution in [1.29, 1.82) is 0 Å². The zero-order valence-corrected chi connectivity index (χ0v) is 7.70. The molecule has 0 aliphatic heterocycles. The number of hydrogen-bond acceptors (Lipinski definition) is 1. The number of ether oxygens (including phenoxy) is 1. The van der Waals surface area contributed by atoms with Crippen molar-refractivity contribution in [2.45, 2.75) is 6.61 Å². The van der Waals surface area contributed by atoms with Crippen molar-refractivity contribution in [3.05, 3.63) is 54.6 Å². The molecule has 0 aliphatic rings. The van der Waals surface area contributed by atoms with E-state index in [1.807, 2.05) is 24.3 Å². The Balaban J connectivity index is 2.55. The summed E-state index contributed by atoms with van der Waals surface area (Å²) in [4.78, 5) is 0. The van der Waals surface area contributed by atoms with Gasteiger partial charge >= 0.3 is 0 Å². The smallest absolute Gasteiger partial charge is 0.0721 e. The lowest BCUT2D eigenvalue weighted by Gasteiger charge is -2.02. The van der Waals surface area contributed by atoms with Crippen LogP contribution in [0.15, 0.2) is 43.5 Å². The predicted octanol–water partition coefficient (Wildman–Crippen LogP) is 3.03. The Morgan fingerprint density at radius 1 is 1.31 bits per heavy atom. The quantitative estimate of drug-likeness (QED) is 0.492. The number of hydrogen-bond donors (Lipinski definition) is 0. The second-order valence-electron chi connectivity index (χ2n) is 2.75. The molecule has 0 aromatic heterocycles. The molecular weight excluding hydrogens is 160 g/mol. The Kier molecular flexibility index (Phi) is 4.00. The molecule has 0 fully saturated rings. The van der Waals surface area contributed by atoms with Gasteiger partial charge in [-0.3, -0.25) is 0 Å². The maximum atomic E-state index is 5.32. The normalized spacial score (nSPS) is 9.54. The summed E-state index contributed by atoms with van der Waals surface area (Å²) in [6.45, 7) is 8.52. The van der Waals surface area contributed by atoms with Gasteiger partial charge in [0.2, 0.25) is 0 Å². The first-order valence-corrected chi connectivity index (χ1v) is 4.27. The first-order valence-electron chi connectivity index (χ1n) is 4.27. The third-order valence-electron chi connectivity index (χ3n) is 1.69. The molecule has 0 aliphatic carbocycles. The van der Waals surface area contributed by atoms with Gasteiger partial charge in [-0.05, 0) is 17.2 Å². The first kappa shape index (κ1) is 9.75. The lowest BCUT2D eigenvalue weighted by Crippen LogP contribution is -1.92. The van der Waals surface area contributed by atoms with Gasteiger partial charge < -0.3 is 4.74 Å². The summed E-state index contributed by atoms with van der Waals surface area (Å²) in [5, 5.41) is 0. The van der Waals surface area contributed by atoms with Crippen LogP contribution in [-0.2, 0) is 11.3 Å². The van der Waals surface area contributed by atoms with Gasteiger partial charge in [-0.1, -0.05) is 36.9 Å². The molecule has 0 unspecified atom stereocenters. The van der Waals surface area contributed by atoms with Crippen LogP contribution < -0.4 is 0 Å². The maximum Gasteiger partial charge on any atom is 0.0721 e. The standard InChI is InChI=1S/C12H14O/c1-3-8-13-10-12-7-5-6-11(4-2)9-12/h3-7,9H,1-2,8,10H2. The van der Waals surface area contributed by atoms with Gasteiger partial charge in [0.1, 0.15) is 0 Å². The van der Waals surface area contributed by atoms with E-state index < -0.39 is 0 Å². The van der Waals surface area contributed by atoms with Crippen molar-refractivity contribution in [1.82, 2.24) is 0 Å². The van der Waals surface area contributed by atoms with Crippen molar-refractivity contribution in [3.63, 3.8) is 0 Å². The van der Waals surface area contributed by atoms with E-state index in [1.165, 1.54) is 5.56 Å². The molecule has 0 saturated carbocycles. The van der Waals surface area contributed by atoms with E-state index in [4.69, 9.17) is 4.74 Å². The molecule has 0 saturated heterocycles. The molecular formula is C12H14O. The average molecular weight is 174 g/mol. The van der Waals surface area contributed by atoms with Crippen LogP contribution in [0, 0.1) is 0 Å². The minimum Gasteiger partial charge on any atom is -0.373 e. The summed E-state index contributed by atoms with van der Waals surface area (Å²) in [5.41, 5.74) is 2.29. The van der Waals surface area contributed by atoms with Crippen LogP contribution in [-0.4, -0.2) is 6.61 Å². The van der Waals surface area contributed by atoms with Gasteiger partial charge in [0, 0.05) is 0 Å². The van der Waals surface area contributed by atoms with E-state index in [0.29, 0.717) is 13.2 Å². The fourth-order valence-electron chi connectivity index (χ4n) is 1.07. The largest absolute Gasteiger partial charge is 0.373 e. The highest BCUT2D eigenvalue weighted by atomic mass is 16.5. The molecule has 0 heterocycles. The number of benzene rings is 1. The Labute approximate surface area is 79.4 Å². The van der Waals surface area contributed by atoms with Gasteiger partial charge in [0.05, 0.1) is 13.2 Å². The maximum absolute atomic E-state index is 5.32. The Morgan fingerprint density at radius 3 is 2.85 bits per heavy atom. The van der Waals surface area contributed by atoms with Crippen LogP contribution in [0.5, 0.6) is 0 Å². The molecule has 0 atom stereocenters. The minimum atomic E-state index is 0.596. The Morgan fingerprint density at radius 2 is 2.15 bits per heavy atom. The summed E-state index contributed by atoms with van der Waals surface area (Å²) in [6.07, 6.45) is 3.58.